The van der Waals surface area contributed by atoms with Crippen LogP contribution in [0.3, 0.4) is 0 Å². The molecule has 0 aromatic heterocycles. The number of halogens is 3. The van der Waals surface area contributed by atoms with Crippen molar-refractivity contribution in [3.05, 3.63) is 29.8 Å². The second-order valence-electron chi connectivity index (χ2n) is 3.79. The molecule has 2 N–H and O–H groups in total. The molecule has 0 aliphatic heterocycles. The zero-order valence-corrected chi connectivity index (χ0v) is 9.63. The first-order valence-corrected chi connectivity index (χ1v) is 5.50. The average Bonchev–Trinajstić information content (AvgIpc) is 2.28. The number of hydrogen-bond acceptors (Lipinski definition) is 2. The molecule has 17 heavy (non-hydrogen) atoms. The summed E-state index contributed by atoms with van der Waals surface area (Å²) in [5.74, 6) is 0.566. The molecule has 1 atom stereocenters. The van der Waals surface area contributed by atoms with Gasteiger partial charge in [0.1, 0.15) is 11.8 Å². The molecule has 5 heteroatoms. The van der Waals surface area contributed by atoms with Gasteiger partial charge in [0.05, 0.1) is 6.61 Å². The van der Waals surface area contributed by atoms with E-state index in [1.807, 2.05) is 6.92 Å². The highest BCUT2D eigenvalue weighted by molar-refractivity contribution is 5.29. The van der Waals surface area contributed by atoms with E-state index in [1.54, 1.807) is 0 Å². The van der Waals surface area contributed by atoms with E-state index >= 15 is 0 Å². The molecule has 1 aromatic carbocycles. The molecule has 0 bridgehead atoms. The minimum atomic E-state index is -4.41. The van der Waals surface area contributed by atoms with Gasteiger partial charge in [0, 0.05) is 0 Å². The van der Waals surface area contributed by atoms with E-state index in [9.17, 15) is 13.2 Å². The monoisotopic (exact) mass is 247 g/mol. The van der Waals surface area contributed by atoms with Crippen LogP contribution in [0.25, 0.3) is 0 Å². The van der Waals surface area contributed by atoms with Gasteiger partial charge in [-0.25, -0.2) is 0 Å². The highest BCUT2D eigenvalue weighted by Gasteiger charge is 2.37. The van der Waals surface area contributed by atoms with Crippen molar-refractivity contribution < 1.29 is 17.9 Å². The standard InChI is InChI=1S/C12H16F3NO/c1-2-3-8-17-10-6-4-9(5-7-10)11(16)12(13,14)15/h4-7,11H,2-3,8,16H2,1H3. The van der Waals surface area contributed by atoms with Crippen molar-refractivity contribution in [2.24, 2.45) is 5.73 Å². The Morgan fingerprint density at radius 2 is 1.82 bits per heavy atom. The topological polar surface area (TPSA) is 35.2 Å². The second kappa shape index (κ2) is 5.91. The van der Waals surface area contributed by atoms with E-state index in [2.05, 4.69) is 0 Å². The molecule has 0 aliphatic carbocycles. The van der Waals surface area contributed by atoms with Gasteiger partial charge in [0.25, 0.3) is 0 Å². The minimum Gasteiger partial charge on any atom is -0.494 e. The molecule has 1 rings (SSSR count). The number of hydrogen-bond donors (Lipinski definition) is 1. The molecule has 0 heterocycles. The SMILES string of the molecule is CCCCOc1ccc(C(N)C(F)(F)F)cc1. The maximum absolute atomic E-state index is 12.3. The van der Waals surface area contributed by atoms with Crippen LogP contribution in [-0.2, 0) is 0 Å². The van der Waals surface area contributed by atoms with Gasteiger partial charge in [-0.1, -0.05) is 25.5 Å². The van der Waals surface area contributed by atoms with Crippen LogP contribution in [0, 0.1) is 0 Å². The van der Waals surface area contributed by atoms with Crippen molar-refractivity contribution in [1.82, 2.24) is 0 Å². The van der Waals surface area contributed by atoms with Crippen LogP contribution >= 0.6 is 0 Å². The molecule has 0 aliphatic rings. The van der Waals surface area contributed by atoms with E-state index in [0.29, 0.717) is 12.4 Å². The summed E-state index contributed by atoms with van der Waals surface area (Å²) < 4.78 is 42.3. The highest BCUT2D eigenvalue weighted by Crippen LogP contribution is 2.31. The first-order valence-electron chi connectivity index (χ1n) is 5.50. The summed E-state index contributed by atoms with van der Waals surface area (Å²) in [4.78, 5) is 0. The summed E-state index contributed by atoms with van der Waals surface area (Å²) >= 11 is 0. The van der Waals surface area contributed by atoms with Crippen LogP contribution in [-0.4, -0.2) is 12.8 Å². The van der Waals surface area contributed by atoms with E-state index in [0.717, 1.165) is 12.8 Å². The molecule has 96 valence electrons. The van der Waals surface area contributed by atoms with Gasteiger partial charge in [-0.05, 0) is 24.1 Å². The fraction of sp³-hybridized carbons (Fsp3) is 0.500. The van der Waals surface area contributed by atoms with Gasteiger partial charge >= 0.3 is 6.18 Å². The molecule has 1 unspecified atom stereocenters. The predicted molar refractivity (Wildman–Crippen MR) is 59.8 cm³/mol. The summed E-state index contributed by atoms with van der Waals surface area (Å²) in [6, 6.07) is 3.78. The molecule has 0 saturated carbocycles. The molecule has 0 spiro atoms. The van der Waals surface area contributed by atoms with Gasteiger partial charge < -0.3 is 10.5 Å². The molecule has 0 amide bonds. The lowest BCUT2D eigenvalue weighted by Gasteiger charge is -2.16. The molecule has 0 saturated heterocycles. The maximum Gasteiger partial charge on any atom is 0.407 e. The smallest absolute Gasteiger partial charge is 0.407 e. The van der Waals surface area contributed by atoms with E-state index in [1.165, 1.54) is 24.3 Å². The van der Waals surface area contributed by atoms with E-state index in [4.69, 9.17) is 10.5 Å². The molecular formula is C12H16F3NO. The van der Waals surface area contributed by atoms with Crippen LogP contribution < -0.4 is 10.5 Å². The lowest BCUT2D eigenvalue weighted by molar-refractivity contribution is -0.149. The number of unbranched alkanes of at least 4 members (excludes halogenated alkanes) is 1. The van der Waals surface area contributed by atoms with Crippen LogP contribution in [0.15, 0.2) is 24.3 Å². The Bertz CT molecular complexity index is 335. The van der Waals surface area contributed by atoms with Crippen molar-refractivity contribution in [3.8, 4) is 5.75 Å². The van der Waals surface area contributed by atoms with Crippen molar-refractivity contribution >= 4 is 0 Å². The molecule has 0 fully saturated rings. The Hall–Kier alpha value is -1.23. The average molecular weight is 247 g/mol. The second-order valence-corrected chi connectivity index (χ2v) is 3.79. The fourth-order valence-corrected chi connectivity index (χ4v) is 1.29. The minimum absolute atomic E-state index is 0.0420. The van der Waals surface area contributed by atoms with Crippen LogP contribution in [0.5, 0.6) is 5.75 Å². The van der Waals surface area contributed by atoms with E-state index < -0.39 is 12.2 Å². The Morgan fingerprint density at radius 3 is 2.29 bits per heavy atom. The van der Waals surface area contributed by atoms with Gasteiger partial charge in [-0.15, -0.1) is 0 Å². The Morgan fingerprint density at radius 1 is 1.24 bits per heavy atom. The van der Waals surface area contributed by atoms with Gasteiger partial charge in [0.15, 0.2) is 0 Å². The first-order chi connectivity index (χ1) is 7.95. The Labute approximate surface area is 98.6 Å². The quantitative estimate of drug-likeness (QED) is 0.809. The number of ether oxygens (including phenoxy) is 1. The third-order valence-electron chi connectivity index (χ3n) is 2.36. The van der Waals surface area contributed by atoms with Gasteiger partial charge in [-0.2, -0.15) is 13.2 Å². The molecule has 0 radical (unpaired) electrons. The number of alkyl halides is 3. The number of rotatable bonds is 5. The molecule has 2 nitrogen and oxygen atoms in total. The van der Waals surface area contributed by atoms with Gasteiger partial charge in [0.2, 0.25) is 0 Å². The molecular weight excluding hydrogens is 231 g/mol. The van der Waals surface area contributed by atoms with Crippen LogP contribution in [0.4, 0.5) is 13.2 Å². The summed E-state index contributed by atoms with van der Waals surface area (Å²) in [5, 5.41) is 0. The van der Waals surface area contributed by atoms with Gasteiger partial charge in [-0.3, -0.25) is 0 Å². The Kier molecular flexibility index (Phi) is 4.81. The predicted octanol–water partition coefficient (Wildman–Crippen LogP) is 3.43. The summed E-state index contributed by atoms with van der Waals surface area (Å²) in [6.07, 6.45) is -2.48. The largest absolute Gasteiger partial charge is 0.494 e. The normalized spacial score (nSPS) is 13.5. The number of nitrogens with two attached hydrogens (primary N) is 1. The van der Waals surface area contributed by atoms with Crippen LogP contribution in [0.2, 0.25) is 0 Å². The third-order valence-corrected chi connectivity index (χ3v) is 2.36. The third kappa shape index (κ3) is 4.26. The summed E-state index contributed by atoms with van der Waals surface area (Å²) in [7, 11) is 0. The van der Waals surface area contributed by atoms with Crippen molar-refractivity contribution in [2.45, 2.75) is 32.0 Å². The summed E-state index contributed by atoms with van der Waals surface area (Å²) in [5.41, 5.74) is 5.12. The zero-order chi connectivity index (χ0) is 12.9. The fourth-order valence-electron chi connectivity index (χ4n) is 1.29. The van der Waals surface area contributed by atoms with Crippen molar-refractivity contribution in [3.63, 3.8) is 0 Å². The Balaban J connectivity index is 2.61. The van der Waals surface area contributed by atoms with Crippen molar-refractivity contribution in [1.29, 1.82) is 0 Å². The van der Waals surface area contributed by atoms with Crippen LogP contribution in [0.1, 0.15) is 31.4 Å². The first kappa shape index (κ1) is 13.8. The highest BCUT2D eigenvalue weighted by atomic mass is 19.4. The van der Waals surface area contributed by atoms with E-state index in [-0.39, 0.29) is 5.56 Å². The summed E-state index contributed by atoms with van der Waals surface area (Å²) in [6.45, 7) is 2.61. The number of benzene rings is 1. The lowest BCUT2D eigenvalue weighted by Crippen LogP contribution is -2.28. The maximum atomic E-state index is 12.3. The van der Waals surface area contributed by atoms with Crippen molar-refractivity contribution in [2.75, 3.05) is 6.61 Å². The molecule has 1 aromatic rings. The lowest BCUT2D eigenvalue weighted by atomic mass is 10.1. The zero-order valence-electron chi connectivity index (χ0n) is 9.63.